The second-order valence-electron chi connectivity index (χ2n) is 3.98. The molecule has 0 aliphatic carbocycles. The Morgan fingerprint density at radius 2 is 1.82 bits per heavy atom. The number of anilines is 4. The van der Waals surface area contributed by atoms with Crippen LogP contribution in [0.15, 0.2) is 42.5 Å². The minimum atomic E-state index is 0.511. The van der Waals surface area contributed by atoms with Crippen LogP contribution in [-0.2, 0) is 0 Å². The highest BCUT2D eigenvalue weighted by Crippen LogP contribution is 2.26. The third-order valence-electron chi connectivity index (χ3n) is 2.42. The number of nitrogens with one attached hydrogen (secondary N) is 1. The summed E-state index contributed by atoms with van der Waals surface area (Å²) in [6.07, 6.45) is 0. The molecule has 0 amide bonds. The molecule has 2 rings (SSSR count). The first-order valence-corrected chi connectivity index (χ1v) is 5.43. The Labute approximate surface area is 101 Å². The first-order valence-electron chi connectivity index (χ1n) is 5.43. The molecule has 1 aromatic heterocycles. The molecule has 4 heteroatoms. The molecule has 0 saturated carbocycles. The number of para-hydroxylation sites is 2. The SMILES string of the molecule is CN(C)c1ccccc1Nc1cccc(N)n1. The lowest BCUT2D eigenvalue weighted by atomic mass is 10.2. The molecule has 1 heterocycles. The zero-order valence-electron chi connectivity index (χ0n) is 10.0. The first kappa shape index (κ1) is 11.3. The van der Waals surface area contributed by atoms with E-state index in [9.17, 15) is 0 Å². The van der Waals surface area contributed by atoms with Gasteiger partial charge < -0.3 is 16.0 Å². The van der Waals surface area contributed by atoms with Gasteiger partial charge in [0, 0.05) is 14.1 Å². The number of benzene rings is 1. The van der Waals surface area contributed by atoms with Crippen molar-refractivity contribution in [3.05, 3.63) is 42.5 Å². The Morgan fingerprint density at radius 3 is 2.53 bits per heavy atom. The number of nitrogens with two attached hydrogens (primary N) is 1. The topological polar surface area (TPSA) is 54.2 Å². The van der Waals surface area contributed by atoms with Crippen LogP contribution >= 0.6 is 0 Å². The van der Waals surface area contributed by atoms with Crippen LogP contribution in [0.4, 0.5) is 23.0 Å². The standard InChI is InChI=1S/C13H16N4/c1-17(2)11-7-4-3-6-10(11)15-13-9-5-8-12(14)16-13/h3-9H,1-2H3,(H3,14,15,16). The molecular weight excluding hydrogens is 212 g/mol. The third kappa shape index (κ3) is 2.66. The van der Waals surface area contributed by atoms with Gasteiger partial charge in [0.25, 0.3) is 0 Å². The summed E-state index contributed by atoms with van der Waals surface area (Å²) in [7, 11) is 4.01. The molecule has 0 atom stereocenters. The fourth-order valence-electron chi connectivity index (χ4n) is 1.63. The van der Waals surface area contributed by atoms with E-state index in [4.69, 9.17) is 5.73 Å². The summed E-state index contributed by atoms with van der Waals surface area (Å²) in [5.41, 5.74) is 7.77. The first-order chi connectivity index (χ1) is 8.16. The van der Waals surface area contributed by atoms with Crippen LogP contribution in [0.5, 0.6) is 0 Å². The average molecular weight is 228 g/mol. The normalized spacial score (nSPS) is 10.0. The molecule has 88 valence electrons. The number of nitrogen functional groups attached to an aromatic ring is 1. The molecule has 1 aromatic carbocycles. The molecule has 4 nitrogen and oxygen atoms in total. The third-order valence-corrected chi connectivity index (χ3v) is 2.42. The summed E-state index contributed by atoms with van der Waals surface area (Å²) < 4.78 is 0. The smallest absolute Gasteiger partial charge is 0.132 e. The Kier molecular flexibility index (Phi) is 3.14. The second-order valence-corrected chi connectivity index (χ2v) is 3.98. The zero-order chi connectivity index (χ0) is 12.3. The number of pyridine rings is 1. The monoisotopic (exact) mass is 228 g/mol. The Bertz CT molecular complexity index is 508. The van der Waals surface area contributed by atoms with Crippen LogP contribution in [0.2, 0.25) is 0 Å². The van der Waals surface area contributed by atoms with Crippen LogP contribution in [0, 0.1) is 0 Å². The van der Waals surface area contributed by atoms with Gasteiger partial charge in [-0.05, 0) is 24.3 Å². The van der Waals surface area contributed by atoms with E-state index >= 15 is 0 Å². The van der Waals surface area contributed by atoms with Crippen molar-refractivity contribution in [2.75, 3.05) is 30.0 Å². The van der Waals surface area contributed by atoms with Gasteiger partial charge in [-0.3, -0.25) is 0 Å². The van der Waals surface area contributed by atoms with Crippen LogP contribution in [0.3, 0.4) is 0 Å². The van der Waals surface area contributed by atoms with Crippen molar-refractivity contribution in [2.45, 2.75) is 0 Å². The van der Waals surface area contributed by atoms with Gasteiger partial charge in [-0.15, -0.1) is 0 Å². The van der Waals surface area contributed by atoms with Gasteiger partial charge in [-0.1, -0.05) is 18.2 Å². The van der Waals surface area contributed by atoms with Gasteiger partial charge in [0.2, 0.25) is 0 Å². The van der Waals surface area contributed by atoms with E-state index in [1.807, 2.05) is 44.4 Å². The van der Waals surface area contributed by atoms with E-state index in [1.54, 1.807) is 6.07 Å². The summed E-state index contributed by atoms with van der Waals surface area (Å²) in [5.74, 6) is 1.26. The second kappa shape index (κ2) is 4.74. The molecule has 2 aromatic rings. The van der Waals surface area contributed by atoms with Gasteiger partial charge in [0.15, 0.2) is 0 Å². The Morgan fingerprint density at radius 1 is 1.06 bits per heavy atom. The van der Waals surface area contributed by atoms with Crippen LogP contribution in [-0.4, -0.2) is 19.1 Å². The lowest BCUT2D eigenvalue weighted by Gasteiger charge is -2.18. The summed E-state index contributed by atoms with van der Waals surface area (Å²) in [5, 5.41) is 3.26. The van der Waals surface area contributed by atoms with Crippen LogP contribution in [0.25, 0.3) is 0 Å². The van der Waals surface area contributed by atoms with Crippen molar-refractivity contribution in [1.29, 1.82) is 0 Å². The summed E-state index contributed by atoms with van der Waals surface area (Å²) >= 11 is 0. The van der Waals surface area contributed by atoms with Crippen molar-refractivity contribution in [3.8, 4) is 0 Å². The van der Waals surface area contributed by atoms with Crippen LogP contribution < -0.4 is 16.0 Å². The number of hydrogen-bond acceptors (Lipinski definition) is 4. The highest BCUT2D eigenvalue weighted by molar-refractivity contribution is 5.73. The van der Waals surface area contributed by atoms with Gasteiger partial charge >= 0.3 is 0 Å². The molecule has 3 N–H and O–H groups in total. The molecule has 0 fully saturated rings. The maximum atomic E-state index is 5.65. The largest absolute Gasteiger partial charge is 0.384 e. The van der Waals surface area contributed by atoms with Gasteiger partial charge in [0.05, 0.1) is 11.4 Å². The van der Waals surface area contributed by atoms with Crippen molar-refractivity contribution in [3.63, 3.8) is 0 Å². The molecule has 0 spiro atoms. The van der Waals surface area contributed by atoms with E-state index in [0.29, 0.717) is 5.82 Å². The molecular formula is C13H16N4. The highest BCUT2D eigenvalue weighted by atomic mass is 15.1. The highest BCUT2D eigenvalue weighted by Gasteiger charge is 2.04. The minimum absolute atomic E-state index is 0.511. The van der Waals surface area contributed by atoms with E-state index in [2.05, 4.69) is 21.3 Å². The maximum absolute atomic E-state index is 5.65. The van der Waals surface area contributed by atoms with Crippen molar-refractivity contribution in [1.82, 2.24) is 4.98 Å². The van der Waals surface area contributed by atoms with E-state index in [1.165, 1.54) is 0 Å². The van der Waals surface area contributed by atoms with E-state index < -0.39 is 0 Å². The average Bonchev–Trinajstić information content (AvgIpc) is 2.29. The van der Waals surface area contributed by atoms with Gasteiger partial charge in [-0.25, -0.2) is 4.98 Å². The lowest BCUT2D eigenvalue weighted by Crippen LogP contribution is -2.11. The lowest BCUT2D eigenvalue weighted by molar-refractivity contribution is 1.13. The van der Waals surface area contributed by atoms with Gasteiger partial charge in [-0.2, -0.15) is 0 Å². The molecule has 0 bridgehead atoms. The van der Waals surface area contributed by atoms with E-state index in [-0.39, 0.29) is 0 Å². The number of nitrogens with zero attached hydrogens (tertiary/aromatic N) is 2. The van der Waals surface area contributed by atoms with E-state index in [0.717, 1.165) is 17.2 Å². The molecule has 0 saturated heterocycles. The van der Waals surface area contributed by atoms with Crippen molar-refractivity contribution >= 4 is 23.0 Å². The predicted molar refractivity (Wildman–Crippen MR) is 72.7 cm³/mol. The zero-order valence-corrected chi connectivity index (χ0v) is 10.0. The minimum Gasteiger partial charge on any atom is -0.384 e. The van der Waals surface area contributed by atoms with Gasteiger partial charge in [0.1, 0.15) is 11.6 Å². The molecule has 0 aliphatic rings. The molecule has 17 heavy (non-hydrogen) atoms. The van der Waals surface area contributed by atoms with Crippen molar-refractivity contribution < 1.29 is 0 Å². The fourth-order valence-corrected chi connectivity index (χ4v) is 1.63. The van der Waals surface area contributed by atoms with Crippen LogP contribution in [0.1, 0.15) is 0 Å². The summed E-state index contributed by atoms with van der Waals surface area (Å²) in [4.78, 5) is 6.27. The number of aromatic nitrogens is 1. The Hall–Kier alpha value is -2.23. The van der Waals surface area contributed by atoms with Crippen molar-refractivity contribution in [2.24, 2.45) is 0 Å². The summed E-state index contributed by atoms with van der Waals surface area (Å²) in [6, 6.07) is 13.6. The Balaban J connectivity index is 2.30. The molecule has 0 radical (unpaired) electrons. The molecule has 0 unspecified atom stereocenters. The quantitative estimate of drug-likeness (QED) is 0.847. The maximum Gasteiger partial charge on any atom is 0.132 e. The summed E-state index contributed by atoms with van der Waals surface area (Å²) in [6.45, 7) is 0. The number of rotatable bonds is 3. The fraction of sp³-hybridized carbons (Fsp3) is 0.154. The predicted octanol–water partition coefficient (Wildman–Crippen LogP) is 2.47. The molecule has 0 aliphatic heterocycles. The number of hydrogen-bond donors (Lipinski definition) is 2.